The highest BCUT2D eigenvalue weighted by Gasteiger charge is 2.08. The molecule has 2 N–H and O–H groups in total. The van der Waals surface area contributed by atoms with Gasteiger partial charge in [-0.05, 0) is 38.5 Å². The molecular formula is C16H23N3. The highest BCUT2D eigenvalue weighted by atomic mass is 15.1. The monoisotopic (exact) mass is 257 g/mol. The van der Waals surface area contributed by atoms with E-state index in [0.717, 1.165) is 35.7 Å². The minimum atomic E-state index is 0.774. The fraction of sp³-hybridized carbons (Fsp3) is 0.312. The van der Waals surface area contributed by atoms with Crippen molar-refractivity contribution >= 4 is 17.1 Å². The fourth-order valence-corrected chi connectivity index (χ4v) is 1.88. The molecule has 3 nitrogen and oxygen atoms in total. The number of likely N-dealkylation sites (N-methyl/N-ethyl adjacent to an activating group) is 1. The number of anilines is 2. The first-order valence-corrected chi connectivity index (χ1v) is 6.55. The fourth-order valence-electron chi connectivity index (χ4n) is 1.88. The standard InChI is InChI=1S/C16H23N3/c1-5-10-18-13(4)14-8-9-16(15(17)12-14)19(7-3)11-6-2/h5-6,8-10,12H,2,7,11,17H2,1,3-4H3/b10-5-,18-13?. The quantitative estimate of drug-likeness (QED) is 0.480. The van der Waals surface area contributed by atoms with E-state index in [1.54, 1.807) is 6.20 Å². The summed E-state index contributed by atoms with van der Waals surface area (Å²) >= 11 is 0. The molecule has 0 aromatic heterocycles. The third kappa shape index (κ3) is 3.98. The minimum Gasteiger partial charge on any atom is -0.397 e. The van der Waals surface area contributed by atoms with Crippen LogP contribution in [-0.4, -0.2) is 18.8 Å². The topological polar surface area (TPSA) is 41.6 Å². The van der Waals surface area contributed by atoms with Crippen molar-refractivity contribution in [3.05, 3.63) is 48.7 Å². The molecule has 0 aliphatic rings. The summed E-state index contributed by atoms with van der Waals surface area (Å²) in [5.41, 5.74) is 9.98. The maximum atomic E-state index is 6.15. The summed E-state index contributed by atoms with van der Waals surface area (Å²) in [6.45, 7) is 11.5. The summed E-state index contributed by atoms with van der Waals surface area (Å²) in [5.74, 6) is 0. The van der Waals surface area contributed by atoms with Gasteiger partial charge in [-0.25, -0.2) is 0 Å². The van der Waals surface area contributed by atoms with E-state index in [9.17, 15) is 0 Å². The van der Waals surface area contributed by atoms with Crippen LogP contribution in [0.2, 0.25) is 0 Å². The molecule has 0 aliphatic carbocycles. The second-order valence-corrected chi connectivity index (χ2v) is 4.30. The van der Waals surface area contributed by atoms with Crippen LogP contribution in [-0.2, 0) is 0 Å². The number of rotatable bonds is 6. The summed E-state index contributed by atoms with van der Waals surface area (Å²) in [4.78, 5) is 6.52. The predicted molar refractivity (Wildman–Crippen MR) is 86.0 cm³/mol. The molecule has 1 rings (SSSR count). The van der Waals surface area contributed by atoms with E-state index in [1.165, 1.54) is 0 Å². The van der Waals surface area contributed by atoms with Crippen molar-refractivity contribution in [2.24, 2.45) is 4.99 Å². The van der Waals surface area contributed by atoms with Gasteiger partial charge in [0.15, 0.2) is 0 Å². The van der Waals surface area contributed by atoms with Gasteiger partial charge in [0.25, 0.3) is 0 Å². The van der Waals surface area contributed by atoms with Gasteiger partial charge in [-0.15, -0.1) is 6.58 Å². The zero-order valence-electron chi connectivity index (χ0n) is 12.1. The highest BCUT2D eigenvalue weighted by Crippen LogP contribution is 2.24. The summed E-state index contributed by atoms with van der Waals surface area (Å²) in [5, 5.41) is 0. The van der Waals surface area contributed by atoms with E-state index in [2.05, 4.69) is 29.5 Å². The number of nitrogens with two attached hydrogens (primary N) is 1. The maximum Gasteiger partial charge on any atom is 0.0603 e. The average Bonchev–Trinajstić information content (AvgIpc) is 2.42. The third-order valence-corrected chi connectivity index (χ3v) is 2.93. The van der Waals surface area contributed by atoms with Crippen molar-refractivity contribution < 1.29 is 0 Å². The van der Waals surface area contributed by atoms with Crippen LogP contribution in [0.4, 0.5) is 11.4 Å². The first-order chi connectivity index (χ1) is 9.13. The van der Waals surface area contributed by atoms with E-state index >= 15 is 0 Å². The Kier molecular flexibility index (Phi) is 5.86. The number of hydrogen-bond acceptors (Lipinski definition) is 3. The van der Waals surface area contributed by atoms with Crippen LogP contribution in [0.1, 0.15) is 26.3 Å². The lowest BCUT2D eigenvalue weighted by Crippen LogP contribution is -2.23. The Hall–Kier alpha value is -2.03. The summed E-state index contributed by atoms with van der Waals surface area (Å²) in [7, 11) is 0. The molecule has 0 radical (unpaired) electrons. The molecule has 0 saturated heterocycles. The van der Waals surface area contributed by atoms with E-state index in [-0.39, 0.29) is 0 Å². The average molecular weight is 257 g/mol. The van der Waals surface area contributed by atoms with Crippen LogP contribution >= 0.6 is 0 Å². The van der Waals surface area contributed by atoms with Gasteiger partial charge in [0.1, 0.15) is 0 Å². The third-order valence-electron chi connectivity index (χ3n) is 2.93. The second kappa shape index (κ2) is 7.41. The molecule has 0 aliphatic heterocycles. The molecular weight excluding hydrogens is 234 g/mol. The highest BCUT2D eigenvalue weighted by molar-refractivity contribution is 6.00. The number of allylic oxidation sites excluding steroid dienone is 1. The Morgan fingerprint density at radius 1 is 1.47 bits per heavy atom. The first kappa shape index (κ1) is 15.0. The van der Waals surface area contributed by atoms with Crippen molar-refractivity contribution in [1.82, 2.24) is 0 Å². The molecule has 0 heterocycles. The van der Waals surface area contributed by atoms with Crippen LogP contribution in [0.5, 0.6) is 0 Å². The van der Waals surface area contributed by atoms with Crippen molar-refractivity contribution in [3.63, 3.8) is 0 Å². The molecule has 0 spiro atoms. The van der Waals surface area contributed by atoms with Crippen LogP contribution < -0.4 is 10.6 Å². The van der Waals surface area contributed by atoms with Crippen molar-refractivity contribution in [2.75, 3.05) is 23.7 Å². The Morgan fingerprint density at radius 2 is 2.21 bits per heavy atom. The molecule has 1 aromatic carbocycles. The Labute approximate surface area is 116 Å². The van der Waals surface area contributed by atoms with Gasteiger partial charge < -0.3 is 10.6 Å². The maximum absolute atomic E-state index is 6.15. The Bertz CT molecular complexity index is 487. The lowest BCUT2D eigenvalue weighted by atomic mass is 10.1. The van der Waals surface area contributed by atoms with E-state index in [4.69, 9.17) is 5.73 Å². The van der Waals surface area contributed by atoms with Gasteiger partial charge in [0.2, 0.25) is 0 Å². The van der Waals surface area contributed by atoms with E-state index in [0.29, 0.717) is 0 Å². The van der Waals surface area contributed by atoms with Gasteiger partial charge in [-0.2, -0.15) is 0 Å². The van der Waals surface area contributed by atoms with E-state index < -0.39 is 0 Å². The number of nitrogen functional groups attached to an aromatic ring is 1. The van der Waals surface area contributed by atoms with Gasteiger partial charge in [0, 0.05) is 25.0 Å². The first-order valence-electron chi connectivity index (χ1n) is 6.55. The van der Waals surface area contributed by atoms with Gasteiger partial charge in [0.05, 0.1) is 11.4 Å². The second-order valence-electron chi connectivity index (χ2n) is 4.30. The smallest absolute Gasteiger partial charge is 0.0603 e. The minimum absolute atomic E-state index is 0.774. The van der Waals surface area contributed by atoms with Crippen LogP contribution in [0, 0.1) is 0 Å². The molecule has 1 aromatic rings. The van der Waals surface area contributed by atoms with Crippen molar-refractivity contribution in [2.45, 2.75) is 20.8 Å². The Balaban J connectivity index is 3.06. The molecule has 0 saturated carbocycles. The summed E-state index contributed by atoms with van der Waals surface area (Å²) in [6, 6.07) is 6.08. The van der Waals surface area contributed by atoms with Crippen molar-refractivity contribution in [1.29, 1.82) is 0 Å². The Morgan fingerprint density at radius 3 is 2.74 bits per heavy atom. The number of aliphatic imine (C=N–C) groups is 1. The number of nitrogens with zero attached hydrogens (tertiary/aromatic N) is 2. The summed E-state index contributed by atoms with van der Waals surface area (Å²) < 4.78 is 0. The zero-order chi connectivity index (χ0) is 14.3. The van der Waals surface area contributed by atoms with Gasteiger partial charge in [-0.3, -0.25) is 4.99 Å². The van der Waals surface area contributed by atoms with Crippen LogP contribution in [0.15, 0.2) is 48.1 Å². The van der Waals surface area contributed by atoms with Crippen molar-refractivity contribution in [3.8, 4) is 0 Å². The lowest BCUT2D eigenvalue weighted by Gasteiger charge is -2.23. The molecule has 102 valence electrons. The number of benzene rings is 1. The predicted octanol–water partition coefficient (Wildman–Crippen LogP) is 3.62. The summed E-state index contributed by atoms with van der Waals surface area (Å²) in [6.07, 6.45) is 5.58. The van der Waals surface area contributed by atoms with Gasteiger partial charge in [-0.1, -0.05) is 18.2 Å². The lowest BCUT2D eigenvalue weighted by molar-refractivity contribution is 0.908. The SMILES string of the molecule is C=CCN(CC)c1ccc(C(C)=N/C=C\C)cc1N. The molecule has 19 heavy (non-hydrogen) atoms. The number of hydrogen-bond donors (Lipinski definition) is 1. The molecule has 3 heteroatoms. The van der Waals surface area contributed by atoms with Crippen LogP contribution in [0.3, 0.4) is 0 Å². The molecule has 0 amide bonds. The van der Waals surface area contributed by atoms with Crippen LogP contribution in [0.25, 0.3) is 0 Å². The largest absolute Gasteiger partial charge is 0.397 e. The van der Waals surface area contributed by atoms with Gasteiger partial charge >= 0.3 is 0 Å². The normalized spacial score (nSPS) is 11.8. The molecule has 0 unspecified atom stereocenters. The molecule has 0 fully saturated rings. The molecule has 0 atom stereocenters. The molecule has 0 bridgehead atoms. The van der Waals surface area contributed by atoms with E-state index in [1.807, 2.05) is 38.1 Å². The zero-order valence-corrected chi connectivity index (χ0v) is 12.1.